The molecule has 0 spiro atoms. The van der Waals surface area contributed by atoms with Gasteiger partial charge in [-0.05, 0) is 47.0 Å². The normalized spacial score (nSPS) is 16.9. The predicted octanol–water partition coefficient (Wildman–Crippen LogP) is 3.96. The molecule has 80 valence electrons. The highest BCUT2D eigenvalue weighted by molar-refractivity contribution is 9.10. The Labute approximate surface area is 96.8 Å². The van der Waals surface area contributed by atoms with Crippen molar-refractivity contribution in [3.05, 3.63) is 34.1 Å². The second kappa shape index (κ2) is 4.44. The van der Waals surface area contributed by atoms with Gasteiger partial charge in [0.1, 0.15) is 5.82 Å². The van der Waals surface area contributed by atoms with Gasteiger partial charge in [-0.15, -0.1) is 0 Å². The van der Waals surface area contributed by atoms with Crippen LogP contribution in [0.5, 0.6) is 0 Å². The van der Waals surface area contributed by atoms with Crippen LogP contribution in [-0.4, -0.2) is 5.78 Å². The molecule has 1 aromatic carbocycles. The van der Waals surface area contributed by atoms with Crippen LogP contribution < -0.4 is 0 Å². The fraction of sp³-hybridized carbons (Fsp3) is 0.417. The summed E-state index contributed by atoms with van der Waals surface area (Å²) in [7, 11) is 0. The van der Waals surface area contributed by atoms with Gasteiger partial charge < -0.3 is 0 Å². The Kier molecular flexibility index (Phi) is 3.19. The quantitative estimate of drug-likeness (QED) is 0.744. The Hall–Kier alpha value is -0.700. The molecule has 1 saturated carbocycles. The predicted molar refractivity (Wildman–Crippen MR) is 60.4 cm³/mol. The zero-order chi connectivity index (χ0) is 10.8. The maximum atomic E-state index is 12.8. The average molecular weight is 271 g/mol. The molecule has 0 unspecified atom stereocenters. The molecule has 3 heteroatoms. The van der Waals surface area contributed by atoms with Crippen molar-refractivity contribution in [2.45, 2.75) is 25.7 Å². The fourth-order valence-corrected chi connectivity index (χ4v) is 2.64. The van der Waals surface area contributed by atoms with Crippen molar-refractivity contribution >= 4 is 21.7 Å². The molecule has 1 nitrogen and oxygen atoms in total. The first-order chi connectivity index (χ1) is 7.18. The van der Waals surface area contributed by atoms with Crippen molar-refractivity contribution in [3.63, 3.8) is 0 Å². The number of Topliss-reactive ketones (excluding diaryl/α,β-unsaturated/α-hetero) is 1. The molecule has 0 bridgehead atoms. The van der Waals surface area contributed by atoms with Crippen LogP contribution in [0.15, 0.2) is 22.7 Å². The summed E-state index contributed by atoms with van der Waals surface area (Å²) >= 11 is 3.23. The number of hydrogen-bond donors (Lipinski definition) is 0. The maximum absolute atomic E-state index is 12.8. The van der Waals surface area contributed by atoms with Gasteiger partial charge in [0.05, 0.1) is 0 Å². The Morgan fingerprint density at radius 2 is 2.00 bits per heavy atom. The first-order valence-corrected chi connectivity index (χ1v) is 5.97. The van der Waals surface area contributed by atoms with Gasteiger partial charge in [-0.2, -0.15) is 0 Å². The van der Waals surface area contributed by atoms with Crippen molar-refractivity contribution in [3.8, 4) is 0 Å². The van der Waals surface area contributed by atoms with Crippen LogP contribution in [0.4, 0.5) is 4.39 Å². The van der Waals surface area contributed by atoms with E-state index in [-0.39, 0.29) is 17.5 Å². The van der Waals surface area contributed by atoms with Gasteiger partial charge >= 0.3 is 0 Å². The Morgan fingerprint density at radius 3 is 2.60 bits per heavy atom. The van der Waals surface area contributed by atoms with Crippen LogP contribution in [0.2, 0.25) is 0 Å². The lowest BCUT2D eigenvalue weighted by molar-refractivity contribution is 0.0922. The molecule has 1 aliphatic rings. The molecule has 0 aromatic heterocycles. The number of benzene rings is 1. The smallest absolute Gasteiger partial charge is 0.167 e. The Balaban J connectivity index is 2.24. The molecular formula is C12H12BrFO. The molecule has 0 atom stereocenters. The minimum Gasteiger partial charge on any atom is -0.294 e. The molecule has 0 saturated heterocycles. The summed E-state index contributed by atoms with van der Waals surface area (Å²) in [6.45, 7) is 0. The lowest BCUT2D eigenvalue weighted by atomic mass is 9.96. The van der Waals surface area contributed by atoms with E-state index in [4.69, 9.17) is 0 Å². The zero-order valence-corrected chi connectivity index (χ0v) is 9.89. The van der Waals surface area contributed by atoms with Gasteiger partial charge in [0.2, 0.25) is 0 Å². The van der Waals surface area contributed by atoms with Crippen molar-refractivity contribution in [2.75, 3.05) is 0 Å². The molecule has 0 N–H and O–H groups in total. The molecule has 0 heterocycles. The monoisotopic (exact) mass is 270 g/mol. The number of halogens is 2. The number of ketones is 1. The molecule has 1 aromatic rings. The lowest BCUT2D eigenvalue weighted by Gasteiger charge is -2.09. The number of carbonyl (C=O) groups excluding carboxylic acids is 1. The molecule has 1 aliphatic carbocycles. The second-order valence-corrected chi connectivity index (χ2v) is 4.82. The largest absolute Gasteiger partial charge is 0.294 e. The van der Waals surface area contributed by atoms with Gasteiger partial charge in [0.15, 0.2) is 5.78 Å². The van der Waals surface area contributed by atoms with Gasteiger partial charge in [-0.1, -0.05) is 12.8 Å². The van der Waals surface area contributed by atoms with E-state index in [1.165, 1.54) is 12.1 Å². The summed E-state index contributed by atoms with van der Waals surface area (Å²) in [6, 6.07) is 4.26. The van der Waals surface area contributed by atoms with Crippen molar-refractivity contribution in [1.82, 2.24) is 0 Å². The molecule has 0 aliphatic heterocycles. The first-order valence-electron chi connectivity index (χ1n) is 5.18. The fourth-order valence-electron chi connectivity index (χ4n) is 2.10. The highest BCUT2D eigenvalue weighted by Gasteiger charge is 2.25. The number of rotatable bonds is 2. The summed E-state index contributed by atoms with van der Waals surface area (Å²) < 4.78 is 13.4. The minimum atomic E-state index is -0.315. The van der Waals surface area contributed by atoms with Crippen molar-refractivity contribution in [2.24, 2.45) is 5.92 Å². The highest BCUT2D eigenvalue weighted by Crippen LogP contribution is 2.30. The first kappa shape index (κ1) is 10.8. The van der Waals surface area contributed by atoms with E-state index in [1.54, 1.807) is 6.07 Å². The molecule has 0 radical (unpaired) electrons. The third kappa shape index (κ3) is 2.28. The van der Waals surface area contributed by atoms with E-state index >= 15 is 0 Å². The molecule has 15 heavy (non-hydrogen) atoms. The molecular weight excluding hydrogens is 259 g/mol. The van der Waals surface area contributed by atoms with Crippen LogP contribution in [0.25, 0.3) is 0 Å². The molecule has 1 fully saturated rings. The standard InChI is InChI=1S/C12H12BrFO/c13-11-7-9(14)5-6-10(11)12(15)8-3-1-2-4-8/h5-8H,1-4H2. The third-order valence-electron chi connectivity index (χ3n) is 2.92. The van der Waals surface area contributed by atoms with Crippen LogP contribution >= 0.6 is 15.9 Å². The summed E-state index contributed by atoms with van der Waals surface area (Å²) in [5.41, 5.74) is 0.614. The Bertz CT molecular complexity index is 383. The summed E-state index contributed by atoms with van der Waals surface area (Å²) in [5.74, 6) is -0.0176. The van der Waals surface area contributed by atoms with Gasteiger partial charge in [-0.3, -0.25) is 4.79 Å². The van der Waals surface area contributed by atoms with Crippen molar-refractivity contribution < 1.29 is 9.18 Å². The van der Waals surface area contributed by atoms with Crippen LogP contribution in [0.1, 0.15) is 36.0 Å². The second-order valence-electron chi connectivity index (χ2n) is 3.97. The topological polar surface area (TPSA) is 17.1 Å². The highest BCUT2D eigenvalue weighted by atomic mass is 79.9. The van der Waals surface area contributed by atoms with Crippen molar-refractivity contribution in [1.29, 1.82) is 0 Å². The van der Waals surface area contributed by atoms with Crippen LogP contribution in [0.3, 0.4) is 0 Å². The van der Waals surface area contributed by atoms with Gasteiger partial charge in [-0.25, -0.2) is 4.39 Å². The van der Waals surface area contributed by atoms with E-state index in [9.17, 15) is 9.18 Å². The van der Waals surface area contributed by atoms with E-state index in [1.807, 2.05) is 0 Å². The minimum absolute atomic E-state index is 0.145. The summed E-state index contributed by atoms with van der Waals surface area (Å²) in [6.07, 6.45) is 4.22. The third-order valence-corrected chi connectivity index (χ3v) is 3.58. The summed E-state index contributed by atoms with van der Waals surface area (Å²) in [5, 5.41) is 0. The SMILES string of the molecule is O=C(c1ccc(F)cc1Br)C1CCCC1. The van der Waals surface area contributed by atoms with Crippen LogP contribution in [-0.2, 0) is 0 Å². The van der Waals surface area contributed by atoms with Gasteiger partial charge in [0.25, 0.3) is 0 Å². The van der Waals surface area contributed by atoms with Gasteiger partial charge in [0, 0.05) is 16.0 Å². The number of carbonyl (C=O) groups is 1. The lowest BCUT2D eigenvalue weighted by Crippen LogP contribution is -2.11. The van der Waals surface area contributed by atoms with E-state index in [2.05, 4.69) is 15.9 Å². The zero-order valence-electron chi connectivity index (χ0n) is 8.30. The van der Waals surface area contributed by atoms with E-state index in [0.717, 1.165) is 25.7 Å². The summed E-state index contributed by atoms with van der Waals surface area (Å²) in [4.78, 5) is 12.0. The maximum Gasteiger partial charge on any atom is 0.167 e. The Morgan fingerprint density at radius 1 is 1.33 bits per heavy atom. The van der Waals surface area contributed by atoms with E-state index < -0.39 is 0 Å². The molecule has 0 amide bonds. The molecule has 2 rings (SSSR count). The average Bonchev–Trinajstić information content (AvgIpc) is 2.69. The van der Waals surface area contributed by atoms with Crippen LogP contribution in [0, 0.1) is 11.7 Å². The van der Waals surface area contributed by atoms with E-state index in [0.29, 0.717) is 10.0 Å². The number of hydrogen-bond acceptors (Lipinski definition) is 1.